The Morgan fingerprint density at radius 3 is 2.40 bits per heavy atom. The number of halogens is 3. The number of esters is 1. The lowest BCUT2D eigenvalue weighted by molar-refractivity contribution is -0.148. The van der Waals surface area contributed by atoms with Gasteiger partial charge in [-0.05, 0) is 63.4 Å². The minimum atomic E-state index is -1.58. The summed E-state index contributed by atoms with van der Waals surface area (Å²) in [4.78, 5) is 16.5. The van der Waals surface area contributed by atoms with Crippen molar-refractivity contribution in [3.63, 3.8) is 0 Å². The summed E-state index contributed by atoms with van der Waals surface area (Å²) in [6.07, 6.45) is 0.628. The highest BCUT2D eigenvalue weighted by Gasteiger charge is 2.41. The first-order valence-electron chi connectivity index (χ1n) is 15.1. The maximum absolute atomic E-state index is 15.9. The van der Waals surface area contributed by atoms with Gasteiger partial charge in [0.25, 0.3) is 0 Å². The molecule has 4 aromatic rings. The highest BCUT2D eigenvalue weighted by molar-refractivity contribution is 5.85. The van der Waals surface area contributed by atoms with Gasteiger partial charge < -0.3 is 23.9 Å². The summed E-state index contributed by atoms with van der Waals surface area (Å²) in [5, 5.41) is 1.00. The minimum absolute atomic E-state index is 0.00506. The number of carbonyl (C=O) groups is 1. The Morgan fingerprint density at radius 1 is 1.00 bits per heavy atom. The van der Waals surface area contributed by atoms with E-state index in [4.69, 9.17) is 18.9 Å². The van der Waals surface area contributed by atoms with E-state index >= 15 is 13.2 Å². The van der Waals surface area contributed by atoms with Crippen molar-refractivity contribution in [1.29, 1.82) is 0 Å². The van der Waals surface area contributed by atoms with Gasteiger partial charge in [0.15, 0.2) is 0 Å². The van der Waals surface area contributed by atoms with Crippen LogP contribution in [0.1, 0.15) is 56.1 Å². The molecule has 0 fully saturated rings. The second-order valence-corrected chi connectivity index (χ2v) is 11.8. The van der Waals surface area contributed by atoms with E-state index in [1.807, 2.05) is 36.1 Å². The lowest BCUT2D eigenvalue weighted by Gasteiger charge is -2.43. The molecular formula is C35H39F3N2O5. The highest BCUT2D eigenvalue weighted by atomic mass is 19.1. The third-order valence-corrected chi connectivity index (χ3v) is 7.75. The zero-order chi connectivity index (χ0) is 32.1. The monoisotopic (exact) mass is 624 g/mol. The fourth-order valence-corrected chi connectivity index (χ4v) is 5.83. The fraction of sp³-hybridized carbons (Fsp3) is 0.400. The topological polar surface area (TPSA) is 73.0 Å². The first-order valence-corrected chi connectivity index (χ1v) is 15.1. The summed E-state index contributed by atoms with van der Waals surface area (Å²) in [6.45, 7) is 7.37. The standard InChI is InChI=1S/C35H39F3N2O5/c1-5-43-31(41)20-42-14-15-44-24-12-10-23(11-13-24)19-45-25-17-28(36)32(29(37)18-25)34-33-27(26-8-6-7-9-30(26)39-33)16-22(2)40(34)21-35(3,4)38/h6-13,17-18,22,34,39H,5,14-16,19-21H2,1-4H3/t22-,34-/m1/s1. The van der Waals surface area contributed by atoms with Gasteiger partial charge in [0, 0.05) is 46.9 Å². The van der Waals surface area contributed by atoms with E-state index in [9.17, 15) is 4.79 Å². The molecule has 2 atom stereocenters. The van der Waals surface area contributed by atoms with Gasteiger partial charge in [-0.3, -0.25) is 4.90 Å². The normalized spacial score (nSPS) is 16.9. The molecule has 1 aliphatic heterocycles. The number of para-hydroxylation sites is 1. The quantitative estimate of drug-likeness (QED) is 0.127. The van der Waals surface area contributed by atoms with Crippen LogP contribution in [0.4, 0.5) is 13.2 Å². The van der Waals surface area contributed by atoms with Crippen molar-refractivity contribution in [3.05, 3.63) is 94.7 Å². The summed E-state index contributed by atoms with van der Waals surface area (Å²) < 4.78 is 68.2. The molecule has 3 aromatic carbocycles. The molecule has 0 amide bonds. The van der Waals surface area contributed by atoms with Gasteiger partial charge in [-0.15, -0.1) is 0 Å². The molecule has 0 bridgehead atoms. The fourth-order valence-electron chi connectivity index (χ4n) is 5.83. The van der Waals surface area contributed by atoms with E-state index in [1.54, 1.807) is 31.2 Å². The summed E-state index contributed by atoms with van der Waals surface area (Å²) >= 11 is 0. The van der Waals surface area contributed by atoms with Crippen LogP contribution in [-0.2, 0) is 27.3 Å². The number of aromatic amines is 1. The van der Waals surface area contributed by atoms with Crippen LogP contribution >= 0.6 is 0 Å². The third kappa shape index (κ3) is 7.80. The van der Waals surface area contributed by atoms with Crippen LogP contribution in [0.5, 0.6) is 11.5 Å². The molecule has 0 unspecified atom stereocenters. The average Bonchev–Trinajstić information content (AvgIpc) is 3.35. The molecular weight excluding hydrogens is 585 g/mol. The number of alkyl halides is 1. The molecule has 0 saturated heterocycles. The summed E-state index contributed by atoms with van der Waals surface area (Å²) in [5.41, 5.74) is 1.60. The SMILES string of the molecule is CCOC(=O)COCCOc1ccc(COc2cc(F)c([C@@H]3c4[nH]c5ccccc5c4C[C@@H](C)N3CC(C)(C)F)c(F)c2)cc1. The van der Waals surface area contributed by atoms with Crippen LogP contribution in [-0.4, -0.2) is 60.5 Å². The van der Waals surface area contributed by atoms with Crippen molar-refractivity contribution in [1.82, 2.24) is 9.88 Å². The molecule has 0 aliphatic carbocycles. The molecule has 0 saturated carbocycles. The second-order valence-electron chi connectivity index (χ2n) is 11.8. The molecule has 45 heavy (non-hydrogen) atoms. The largest absolute Gasteiger partial charge is 0.491 e. The lowest BCUT2D eigenvalue weighted by atomic mass is 9.87. The molecule has 1 aliphatic rings. The number of rotatable bonds is 13. The lowest BCUT2D eigenvalue weighted by Crippen LogP contribution is -2.48. The van der Waals surface area contributed by atoms with Crippen LogP contribution < -0.4 is 9.47 Å². The van der Waals surface area contributed by atoms with Crippen LogP contribution in [0.15, 0.2) is 60.7 Å². The Labute approximate surface area is 261 Å². The Kier molecular flexibility index (Phi) is 10.0. The molecule has 7 nitrogen and oxygen atoms in total. The number of fused-ring (bicyclic) bond motifs is 3. The number of hydrogen-bond acceptors (Lipinski definition) is 6. The van der Waals surface area contributed by atoms with Gasteiger partial charge in [0.1, 0.15) is 48.6 Å². The number of nitrogens with zero attached hydrogens (tertiary/aromatic N) is 1. The molecule has 1 N–H and O–H groups in total. The molecule has 2 heterocycles. The van der Waals surface area contributed by atoms with E-state index in [0.717, 1.165) is 22.0 Å². The molecule has 240 valence electrons. The first-order chi connectivity index (χ1) is 21.5. The minimum Gasteiger partial charge on any atom is -0.491 e. The Morgan fingerprint density at radius 2 is 1.71 bits per heavy atom. The number of aromatic nitrogens is 1. The zero-order valence-electron chi connectivity index (χ0n) is 26.0. The van der Waals surface area contributed by atoms with E-state index < -0.39 is 29.3 Å². The van der Waals surface area contributed by atoms with Crippen molar-refractivity contribution in [3.8, 4) is 11.5 Å². The Bertz CT molecular complexity index is 1590. The van der Waals surface area contributed by atoms with Gasteiger partial charge >= 0.3 is 5.97 Å². The number of H-pyrrole nitrogens is 1. The van der Waals surface area contributed by atoms with E-state index in [2.05, 4.69) is 4.98 Å². The maximum Gasteiger partial charge on any atom is 0.332 e. The van der Waals surface area contributed by atoms with Crippen molar-refractivity contribution in [2.45, 2.75) is 58.5 Å². The Hall–Kier alpha value is -4.02. The maximum atomic E-state index is 15.9. The van der Waals surface area contributed by atoms with Crippen molar-refractivity contribution < 1.29 is 36.9 Å². The predicted octanol–water partition coefficient (Wildman–Crippen LogP) is 7.07. The smallest absolute Gasteiger partial charge is 0.332 e. The highest BCUT2D eigenvalue weighted by Crippen LogP contribution is 2.43. The van der Waals surface area contributed by atoms with E-state index in [0.29, 0.717) is 24.5 Å². The Balaban J connectivity index is 1.29. The predicted molar refractivity (Wildman–Crippen MR) is 165 cm³/mol. The summed E-state index contributed by atoms with van der Waals surface area (Å²) in [6, 6.07) is 16.2. The van der Waals surface area contributed by atoms with Gasteiger partial charge in [-0.2, -0.15) is 0 Å². The first kappa shape index (κ1) is 32.4. The molecule has 10 heteroatoms. The molecule has 0 spiro atoms. The third-order valence-electron chi connectivity index (χ3n) is 7.75. The van der Waals surface area contributed by atoms with Gasteiger partial charge in [-0.1, -0.05) is 30.3 Å². The summed E-state index contributed by atoms with van der Waals surface area (Å²) in [5.74, 6) is -1.30. The zero-order valence-corrected chi connectivity index (χ0v) is 26.0. The van der Waals surface area contributed by atoms with Crippen molar-refractivity contribution in [2.24, 2.45) is 0 Å². The van der Waals surface area contributed by atoms with Gasteiger partial charge in [0.05, 0.1) is 19.3 Å². The summed E-state index contributed by atoms with van der Waals surface area (Å²) in [7, 11) is 0. The molecule has 0 radical (unpaired) electrons. The van der Waals surface area contributed by atoms with Gasteiger partial charge in [0.2, 0.25) is 0 Å². The van der Waals surface area contributed by atoms with E-state index in [1.165, 1.54) is 26.0 Å². The van der Waals surface area contributed by atoms with Crippen LogP contribution in [0.2, 0.25) is 0 Å². The van der Waals surface area contributed by atoms with Crippen LogP contribution in [0, 0.1) is 11.6 Å². The number of ether oxygens (including phenoxy) is 4. The van der Waals surface area contributed by atoms with Crippen molar-refractivity contribution >= 4 is 16.9 Å². The average molecular weight is 625 g/mol. The van der Waals surface area contributed by atoms with Crippen LogP contribution in [0.3, 0.4) is 0 Å². The number of hydrogen-bond donors (Lipinski definition) is 1. The number of benzene rings is 3. The molecule has 1 aromatic heterocycles. The van der Waals surface area contributed by atoms with Crippen LogP contribution in [0.25, 0.3) is 10.9 Å². The van der Waals surface area contributed by atoms with Crippen molar-refractivity contribution in [2.75, 3.05) is 33.0 Å². The van der Waals surface area contributed by atoms with E-state index in [-0.39, 0.29) is 50.3 Å². The number of carbonyl (C=O) groups excluding carboxylic acids is 1. The molecule has 5 rings (SSSR count). The van der Waals surface area contributed by atoms with Gasteiger partial charge in [-0.25, -0.2) is 18.0 Å². The second kappa shape index (κ2) is 14.0. The number of nitrogens with one attached hydrogen (secondary N) is 1.